The fraction of sp³-hybridized carbons (Fsp3) is 1.00. The molecule has 5 atom stereocenters. The molecule has 0 aromatic rings. The summed E-state index contributed by atoms with van der Waals surface area (Å²) < 4.78 is 9.97. The molecule has 6 nitrogen and oxygen atoms in total. The highest BCUT2D eigenvalue weighted by molar-refractivity contribution is 4.89. The summed E-state index contributed by atoms with van der Waals surface area (Å²) in [5, 5.41) is 36.8. The average Bonchev–Trinajstić information content (AvgIpc) is 2.19. The second-order valence-corrected chi connectivity index (χ2v) is 3.15. The topological polar surface area (TPSA) is 99.4 Å². The Bertz CT molecular complexity index is 173. The molecular weight excluding hydrogens is 192 g/mol. The van der Waals surface area contributed by atoms with Gasteiger partial charge in [0.1, 0.15) is 24.4 Å². The first-order valence-electron chi connectivity index (χ1n) is 4.54. The SMILES string of the molecule is CCOC1C(CO)OC(O)C(O)C1O. The van der Waals surface area contributed by atoms with Crippen LogP contribution in [0.1, 0.15) is 6.92 Å². The molecule has 4 N–H and O–H groups in total. The van der Waals surface area contributed by atoms with Crippen molar-refractivity contribution in [1.82, 2.24) is 0 Å². The molecule has 0 aromatic heterocycles. The van der Waals surface area contributed by atoms with Crippen LogP contribution in [0, 0.1) is 0 Å². The smallest absolute Gasteiger partial charge is 0.184 e. The van der Waals surface area contributed by atoms with Crippen molar-refractivity contribution >= 4 is 0 Å². The Morgan fingerprint density at radius 1 is 1.21 bits per heavy atom. The molecule has 1 fully saturated rings. The summed E-state index contributed by atoms with van der Waals surface area (Å²) in [6.07, 6.45) is -5.78. The molecule has 1 aliphatic heterocycles. The van der Waals surface area contributed by atoms with Crippen molar-refractivity contribution in [3.63, 3.8) is 0 Å². The Kier molecular flexibility index (Phi) is 4.24. The van der Waals surface area contributed by atoms with Crippen molar-refractivity contribution in [2.24, 2.45) is 0 Å². The summed E-state index contributed by atoms with van der Waals surface area (Å²) in [7, 11) is 0. The van der Waals surface area contributed by atoms with Crippen LogP contribution in [-0.2, 0) is 9.47 Å². The van der Waals surface area contributed by atoms with Gasteiger partial charge in [-0.15, -0.1) is 0 Å². The van der Waals surface area contributed by atoms with E-state index in [1.807, 2.05) is 0 Å². The molecule has 0 radical (unpaired) electrons. The van der Waals surface area contributed by atoms with Crippen LogP contribution in [0.25, 0.3) is 0 Å². The summed E-state index contributed by atoms with van der Waals surface area (Å²) in [6, 6.07) is 0. The highest BCUT2D eigenvalue weighted by Gasteiger charge is 2.44. The number of aliphatic hydroxyl groups is 4. The minimum Gasteiger partial charge on any atom is -0.394 e. The number of rotatable bonds is 3. The van der Waals surface area contributed by atoms with Crippen molar-refractivity contribution in [1.29, 1.82) is 0 Å². The second kappa shape index (κ2) is 5.01. The number of hydrogen-bond acceptors (Lipinski definition) is 6. The third kappa shape index (κ3) is 2.22. The lowest BCUT2D eigenvalue weighted by Gasteiger charge is -2.39. The van der Waals surface area contributed by atoms with Gasteiger partial charge in [0.05, 0.1) is 6.61 Å². The molecule has 1 aliphatic rings. The zero-order valence-electron chi connectivity index (χ0n) is 7.91. The molecule has 0 amide bonds. The van der Waals surface area contributed by atoms with E-state index < -0.39 is 30.7 Å². The fourth-order valence-electron chi connectivity index (χ4n) is 1.47. The monoisotopic (exact) mass is 208 g/mol. The molecule has 84 valence electrons. The largest absolute Gasteiger partial charge is 0.394 e. The Morgan fingerprint density at radius 3 is 2.36 bits per heavy atom. The minimum absolute atomic E-state index is 0.324. The summed E-state index contributed by atoms with van der Waals surface area (Å²) in [4.78, 5) is 0. The lowest BCUT2D eigenvalue weighted by molar-refractivity contribution is -0.293. The lowest BCUT2D eigenvalue weighted by atomic mass is 9.99. The normalized spacial score (nSPS) is 43.9. The van der Waals surface area contributed by atoms with Crippen LogP contribution in [0.2, 0.25) is 0 Å². The molecule has 0 saturated carbocycles. The maximum Gasteiger partial charge on any atom is 0.184 e. The van der Waals surface area contributed by atoms with Gasteiger partial charge in [-0.05, 0) is 6.92 Å². The first-order chi connectivity index (χ1) is 6.61. The zero-order chi connectivity index (χ0) is 10.7. The van der Waals surface area contributed by atoms with Gasteiger partial charge in [-0.2, -0.15) is 0 Å². The van der Waals surface area contributed by atoms with Gasteiger partial charge in [0, 0.05) is 6.61 Å². The van der Waals surface area contributed by atoms with Crippen LogP contribution in [-0.4, -0.2) is 64.3 Å². The molecule has 0 bridgehead atoms. The molecule has 1 rings (SSSR count). The zero-order valence-corrected chi connectivity index (χ0v) is 7.91. The molecule has 0 aliphatic carbocycles. The summed E-state index contributed by atoms with van der Waals surface area (Å²) in [5.41, 5.74) is 0. The van der Waals surface area contributed by atoms with Crippen molar-refractivity contribution in [3.8, 4) is 0 Å². The van der Waals surface area contributed by atoms with Crippen molar-refractivity contribution in [2.45, 2.75) is 37.6 Å². The number of ether oxygens (including phenoxy) is 2. The van der Waals surface area contributed by atoms with Gasteiger partial charge >= 0.3 is 0 Å². The molecular formula is C8H16O6. The predicted molar refractivity (Wildman–Crippen MR) is 45.4 cm³/mol. The quantitative estimate of drug-likeness (QED) is 0.421. The Hall–Kier alpha value is -0.240. The molecule has 1 saturated heterocycles. The van der Waals surface area contributed by atoms with Gasteiger partial charge in [0.15, 0.2) is 6.29 Å². The van der Waals surface area contributed by atoms with E-state index in [4.69, 9.17) is 19.7 Å². The molecule has 14 heavy (non-hydrogen) atoms. The highest BCUT2D eigenvalue weighted by Crippen LogP contribution is 2.21. The Morgan fingerprint density at radius 2 is 1.86 bits per heavy atom. The fourth-order valence-corrected chi connectivity index (χ4v) is 1.47. The molecule has 0 spiro atoms. The van der Waals surface area contributed by atoms with E-state index in [1.165, 1.54) is 0 Å². The van der Waals surface area contributed by atoms with Gasteiger partial charge in [0.25, 0.3) is 0 Å². The van der Waals surface area contributed by atoms with Gasteiger partial charge in [-0.1, -0.05) is 0 Å². The molecule has 0 aromatic carbocycles. The second-order valence-electron chi connectivity index (χ2n) is 3.15. The molecule has 5 unspecified atom stereocenters. The Labute approximate surface area is 81.7 Å². The predicted octanol–water partition coefficient (Wildman–Crippen LogP) is -2.18. The van der Waals surface area contributed by atoms with E-state index in [0.29, 0.717) is 6.61 Å². The third-order valence-electron chi connectivity index (χ3n) is 2.20. The van der Waals surface area contributed by atoms with E-state index >= 15 is 0 Å². The highest BCUT2D eigenvalue weighted by atomic mass is 16.6. The van der Waals surface area contributed by atoms with Gasteiger partial charge in [0.2, 0.25) is 0 Å². The van der Waals surface area contributed by atoms with Crippen LogP contribution in [0.15, 0.2) is 0 Å². The van der Waals surface area contributed by atoms with Crippen LogP contribution >= 0.6 is 0 Å². The maximum absolute atomic E-state index is 9.51. The molecule has 6 heteroatoms. The van der Waals surface area contributed by atoms with Crippen molar-refractivity contribution in [3.05, 3.63) is 0 Å². The van der Waals surface area contributed by atoms with E-state index in [1.54, 1.807) is 6.92 Å². The standard InChI is InChI=1S/C8H16O6/c1-2-13-7-4(3-9)14-8(12)6(11)5(7)10/h4-12H,2-3H2,1H3. The van der Waals surface area contributed by atoms with Gasteiger partial charge < -0.3 is 29.9 Å². The number of aliphatic hydroxyl groups excluding tert-OH is 4. The number of hydrogen-bond donors (Lipinski definition) is 4. The van der Waals surface area contributed by atoms with Crippen LogP contribution in [0.4, 0.5) is 0 Å². The first kappa shape index (κ1) is 11.8. The third-order valence-corrected chi connectivity index (χ3v) is 2.20. The maximum atomic E-state index is 9.51. The van der Waals surface area contributed by atoms with Gasteiger partial charge in [-0.25, -0.2) is 0 Å². The summed E-state index contributed by atoms with van der Waals surface area (Å²) in [6.45, 7) is 1.66. The summed E-state index contributed by atoms with van der Waals surface area (Å²) >= 11 is 0. The first-order valence-corrected chi connectivity index (χ1v) is 4.54. The van der Waals surface area contributed by atoms with Gasteiger partial charge in [-0.3, -0.25) is 0 Å². The van der Waals surface area contributed by atoms with Crippen molar-refractivity contribution < 1.29 is 29.9 Å². The van der Waals surface area contributed by atoms with E-state index in [9.17, 15) is 10.2 Å². The molecule has 1 heterocycles. The van der Waals surface area contributed by atoms with Crippen molar-refractivity contribution in [2.75, 3.05) is 13.2 Å². The summed E-state index contributed by atoms with van der Waals surface area (Å²) in [5.74, 6) is 0. The minimum atomic E-state index is -1.49. The van der Waals surface area contributed by atoms with E-state index in [0.717, 1.165) is 0 Å². The van der Waals surface area contributed by atoms with Crippen LogP contribution < -0.4 is 0 Å². The van der Waals surface area contributed by atoms with E-state index in [-0.39, 0.29) is 6.61 Å². The lowest BCUT2D eigenvalue weighted by Crippen LogP contribution is -2.59. The Balaban J connectivity index is 2.67. The van der Waals surface area contributed by atoms with E-state index in [2.05, 4.69) is 0 Å². The average molecular weight is 208 g/mol. The van der Waals surface area contributed by atoms with Crippen LogP contribution in [0.3, 0.4) is 0 Å². The van der Waals surface area contributed by atoms with Crippen LogP contribution in [0.5, 0.6) is 0 Å².